The number of anilines is 1. The molecular formula is C18H24ClN3O2. The minimum Gasteiger partial charge on any atom is -0.455 e. The van der Waals surface area contributed by atoms with E-state index in [0.29, 0.717) is 11.4 Å². The lowest BCUT2D eigenvalue weighted by atomic mass is 9.99. The van der Waals surface area contributed by atoms with E-state index in [-0.39, 0.29) is 24.2 Å². The van der Waals surface area contributed by atoms with Crippen LogP contribution in [0.25, 0.3) is 0 Å². The summed E-state index contributed by atoms with van der Waals surface area (Å²) >= 11 is 0. The molecule has 1 amide bonds. The van der Waals surface area contributed by atoms with Crippen LogP contribution in [0.2, 0.25) is 0 Å². The number of ether oxygens (including phenoxy) is 1. The van der Waals surface area contributed by atoms with Gasteiger partial charge in [-0.3, -0.25) is 9.78 Å². The Balaban J connectivity index is 0.00000288. The van der Waals surface area contributed by atoms with Gasteiger partial charge in [-0.1, -0.05) is 20.3 Å². The van der Waals surface area contributed by atoms with Gasteiger partial charge in [-0.05, 0) is 48.7 Å². The number of hydrogen-bond donors (Lipinski definition) is 2. The van der Waals surface area contributed by atoms with Crippen LogP contribution in [0, 0.1) is 12.8 Å². The van der Waals surface area contributed by atoms with Crippen molar-refractivity contribution >= 4 is 24.0 Å². The molecule has 1 aromatic heterocycles. The summed E-state index contributed by atoms with van der Waals surface area (Å²) < 4.78 is 5.77. The van der Waals surface area contributed by atoms with Crippen molar-refractivity contribution in [2.24, 2.45) is 11.7 Å². The molecule has 6 heteroatoms. The van der Waals surface area contributed by atoms with Crippen LogP contribution in [-0.2, 0) is 4.79 Å². The molecule has 3 N–H and O–H groups in total. The van der Waals surface area contributed by atoms with E-state index in [1.807, 2.05) is 45.0 Å². The number of pyridine rings is 1. The van der Waals surface area contributed by atoms with Crippen LogP contribution in [0.4, 0.5) is 5.69 Å². The van der Waals surface area contributed by atoms with Crippen molar-refractivity contribution in [3.63, 3.8) is 0 Å². The van der Waals surface area contributed by atoms with E-state index in [0.717, 1.165) is 17.7 Å². The molecule has 0 aliphatic heterocycles. The van der Waals surface area contributed by atoms with Crippen LogP contribution in [0.5, 0.6) is 11.5 Å². The fraction of sp³-hybridized carbons (Fsp3) is 0.333. The van der Waals surface area contributed by atoms with Gasteiger partial charge in [-0.25, -0.2) is 0 Å². The number of nitrogens with two attached hydrogens (primary N) is 1. The molecule has 0 fully saturated rings. The molecule has 0 radical (unpaired) electrons. The lowest BCUT2D eigenvalue weighted by molar-refractivity contribution is -0.118. The largest absolute Gasteiger partial charge is 0.455 e. The van der Waals surface area contributed by atoms with Gasteiger partial charge in [0.1, 0.15) is 11.5 Å². The van der Waals surface area contributed by atoms with E-state index in [4.69, 9.17) is 10.5 Å². The zero-order valence-electron chi connectivity index (χ0n) is 14.2. The summed E-state index contributed by atoms with van der Waals surface area (Å²) in [6, 6.07) is 8.65. The highest BCUT2D eigenvalue weighted by Gasteiger charge is 2.19. The summed E-state index contributed by atoms with van der Waals surface area (Å²) in [5.74, 6) is 1.37. The molecule has 2 atom stereocenters. The summed E-state index contributed by atoms with van der Waals surface area (Å²) in [6.07, 6.45) is 4.21. The molecule has 2 unspecified atom stereocenters. The second kappa shape index (κ2) is 9.25. The number of hydrogen-bond acceptors (Lipinski definition) is 4. The average molecular weight is 350 g/mol. The molecule has 1 aromatic carbocycles. The average Bonchev–Trinajstić information content (AvgIpc) is 2.56. The smallest absolute Gasteiger partial charge is 0.241 e. The van der Waals surface area contributed by atoms with Crippen molar-refractivity contribution in [2.45, 2.75) is 33.2 Å². The lowest BCUT2D eigenvalue weighted by Crippen LogP contribution is -2.40. The van der Waals surface area contributed by atoms with Crippen LogP contribution >= 0.6 is 12.4 Å². The maximum absolute atomic E-state index is 12.1. The van der Waals surface area contributed by atoms with Crippen molar-refractivity contribution in [2.75, 3.05) is 5.32 Å². The molecule has 5 nitrogen and oxygen atoms in total. The standard InChI is InChI=1S/C18H23N3O2.ClH/c1-4-12(2)17(19)18(22)21-14-7-8-16(13(3)10-14)23-15-6-5-9-20-11-15;/h5-12,17H,4,19H2,1-3H3,(H,21,22);1H. The Labute approximate surface area is 149 Å². The Kier molecular flexibility index (Phi) is 7.68. The van der Waals surface area contributed by atoms with Crippen molar-refractivity contribution in [1.82, 2.24) is 4.98 Å². The van der Waals surface area contributed by atoms with E-state index >= 15 is 0 Å². The van der Waals surface area contributed by atoms with Gasteiger partial charge in [0.2, 0.25) is 5.91 Å². The number of benzene rings is 1. The van der Waals surface area contributed by atoms with Crippen molar-refractivity contribution in [3.8, 4) is 11.5 Å². The summed E-state index contributed by atoms with van der Waals surface area (Å²) in [5.41, 5.74) is 7.58. The summed E-state index contributed by atoms with van der Waals surface area (Å²) in [7, 11) is 0. The Morgan fingerprint density at radius 3 is 2.71 bits per heavy atom. The molecule has 2 rings (SSSR count). The quantitative estimate of drug-likeness (QED) is 0.828. The molecule has 0 spiro atoms. The summed E-state index contributed by atoms with van der Waals surface area (Å²) in [4.78, 5) is 16.1. The van der Waals surface area contributed by atoms with E-state index in [2.05, 4.69) is 10.3 Å². The second-order valence-corrected chi connectivity index (χ2v) is 5.67. The predicted octanol–water partition coefficient (Wildman–Crippen LogP) is 3.92. The van der Waals surface area contributed by atoms with E-state index < -0.39 is 6.04 Å². The fourth-order valence-electron chi connectivity index (χ4n) is 2.11. The van der Waals surface area contributed by atoms with Gasteiger partial charge in [-0.15, -0.1) is 12.4 Å². The van der Waals surface area contributed by atoms with E-state index in [9.17, 15) is 4.79 Å². The number of halogens is 1. The zero-order valence-corrected chi connectivity index (χ0v) is 15.0. The maximum Gasteiger partial charge on any atom is 0.241 e. The topological polar surface area (TPSA) is 77.2 Å². The fourth-order valence-corrected chi connectivity index (χ4v) is 2.11. The predicted molar refractivity (Wildman–Crippen MR) is 98.8 cm³/mol. The number of nitrogens with zero attached hydrogens (tertiary/aromatic N) is 1. The Bertz CT molecular complexity index is 665. The molecule has 0 bridgehead atoms. The third kappa shape index (κ3) is 5.22. The molecule has 1 heterocycles. The number of amides is 1. The molecule has 0 saturated carbocycles. The first-order valence-electron chi connectivity index (χ1n) is 7.76. The molecular weight excluding hydrogens is 326 g/mol. The number of nitrogens with one attached hydrogen (secondary N) is 1. The highest BCUT2D eigenvalue weighted by Crippen LogP contribution is 2.27. The molecule has 0 saturated heterocycles. The van der Waals surface area contributed by atoms with Gasteiger partial charge in [0.25, 0.3) is 0 Å². The first kappa shape index (κ1) is 19.9. The molecule has 0 aliphatic carbocycles. The maximum atomic E-state index is 12.1. The normalized spacial score (nSPS) is 12.7. The van der Waals surface area contributed by atoms with Crippen LogP contribution < -0.4 is 15.8 Å². The first-order valence-corrected chi connectivity index (χ1v) is 7.76. The van der Waals surface area contributed by atoms with Gasteiger partial charge in [-0.2, -0.15) is 0 Å². The zero-order chi connectivity index (χ0) is 16.8. The van der Waals surface area contributed by atoms with Crippen molar-refractivity contribution < 1.29 is 9.53 Å². The van der Waals surface area contributed by atoms with Crippen LogP contribution in [0.15, 0.2) is 42.7 Å². The number of carbonyl (C=O) groups is 1. The highest BCUT2D eigenvalue weighted by atomic mass is 35.5. The second-order valence-electron chi connectivity index (χ2n) is 5.67. The van der Waals surface area contributed by atoms with Gasteiger partial charge in [0.05, 0.1) is 12.2 Å². The Morgan fingerprint density at radius 2 is 2.12 bits per heavy atom. The van der Waals surface area contributed by atoms with Crippen molar-refractivity contribution in [1.29, 1.82) is 0 Å². The van der Waals surface area contributed by atoms with Gasteiger partial charge >= 0.3 is 0 Å². The van der Waals surface area contributed by atoms with Gasteiger partial charge in [0, 0.05) is 11.9 Å². The number of aromatic nitrogens is 1. The number of rotatable bonds is 6. The Hall–Kier alpha value is -2.11. The molecule has 24 heavy (non-hydrogen) atoms. The molecule has 0 aliphatic rings. The minimum atomic E-state index is -0.508. The minimum absolute atomic E-state index is 0. The molecule has 130 valence electrons. The van der Waals surface area contributed by atoms with E-state index in [1.54, 1.807) is 18.5 Å². The third-order valence-electron chi connectivity index (χ3n) is 3.86. The van der Waals surface area contributed by atoms with Crippen molar-refractivity contribution in [3.05, 3.63) is 48.3 Å². The SMILES string of the molecule is CCC(C)C(N)C(=O)Nc1ccc(Oc2cccnc2)c(C)c1.Cl. The first-order chi connectivity index (χ1) is 11.0. The van der Waals surface area contributed by atoms with Crippen LogP contribution in [0.3, 0.4) is 0 Å². The molecule has 2 aromatic rings. The van der Waals surface area contributed by atoms with Crippen LogP contribution in [0.1, 0.15) is 25.8 Å². The highest BCUT2D eigenvalue weighted by molar-refractivity contribution is 5.95. The Morgan fingerprint density at radius 1 is 1.38 bits per heavy atom. The monoisotopic (exact) mass is 349 g/mol. The lowest BCUT2D eigenvalue weighted by Gasteiger charge is -2.18. The third-order valence-corrected chi connectivity index (χ3v) is 3.86. The van der Waals surface area contributed by atoms with E-state index in [1.165, 1.54) is 0 Å². The number of aryl methyl sites for hydroxylation is 1. The number of carbonyl (C=O) groups excluding carboxylic acids is 1. The van der Waals surface area contributed by atoms with Gasteiger partial charge < -0.3 is 15.8 Å². The summed E-state index contributed by atoms with van der Waals surface area (Å²) in [5, 5.41) is 2.86. The van der Waals surface area contributed by atoms with Gasteiger partial charge in [0.15, 0.2) is 0 Å². The summed E-state index contributed by atoms with van der Waals surface area (Å²) in [6.45, 7) is 5.92. The van der Waals surface area contributed by atoms with Crippen LogP contribution in [-0.4, -0.2) is 16.9 Å².